The van der Waals surface area contributed by atoms with Gasteiger partial charge in [-0.05, 0) is 5.56 Å². The van der Waals surface area contributed by atoms with Crippen molar-refractivity contribution < 1.29 is 0 Å². The summed E-state index contributed by atoms with van der Waals surface area (Å²) < 4.78 is 0. The molecule has 3 N–H and O–H groups in total. The number of amidine groups is 1. The van der Waals surface area contributed by atoms with E-state index in [1.54, 1.807) is 0 Å². The SMILES string of the molecule is N=C(N)CN1CCN(Cc2ccccc2)CC1. The summed E-state index contributed by atoms with van der Waals surface area (Å²) in [5.74, 6) is 0.265. The van der Waals surface area contributed by atoms with Crippen molar-refractivity contribution in [1.82, 2.24) is 9.80 Å². The van der Waals surface area contributed by atoms with Gasteiger partial charge < -0.3 is 5.73 Å². The van der Waals surface area contributed by atoms with Gasteiger partial charge in [0.15, 0.2) is 0 Å². The van der Waals surface area contributed by atoms with Gasteiger partial charge in [0.1, 0.15) is 5.84 Å². The minimum absolute atomic E-state index is 0.265. The number of rotatable bonds is 4. The highest BCUT2D eigenvalue weighted by atomic mass is 15.3. The van der Waals surface area contributed by atoms with Crippen LogP contribution in [0.2, 0.25) is 0 Å². The van der Waals surface area contributed by atoms with Gasteiger partial charge in [0.2, 0.25) is 0 Å². The molecule has 2 rings (SSSR count). The van der Waals surface area contributed by atoms with Crippen LogP contribution in [0.15, 0.2) is 30.3 Å². The molecule has 4 heteroatoms. The summed E-state index contributed by atoms with van der Waals surface area (Å²) in [6.45, 7) is 5.76. The summed E-state index contributed by atoms with van der Waals surface area (Å²) in [4.78, 5) is 4.69. The molecule has 0 saturated carbocycles. The summed E-state index contributed by atoms with van der Waals surface area (Å²) in [7, 11) is 0. The van der Waals surface area contributed by atoms with Gasteiger partial charge >= 0.3 is 0 Å². The Labute approximate surface area is 103 Å². The molecule has 0 unspecified atom stereocenters. The largest absolute Gasteiger partial charge is 0.387 e. The van der Waals surface area contributed by atoms with Crippen LogP contribution in [-0.4, -0.2) is 48.4 Å². The molecule has 1 saturated heterocycles. The van der Waals surface area contributed by atoms with Gasteiger partial charge in [0.25, 0.3) is 0 Å². The van der Waals surface area contributed by atoms with Crippen molar-refractivity contribution in [3.8, 4) is 0 Å². The zero-order chi connectivity index (χ0) is 12.1. The fraction of sp³-hybridized carbons (Fsp3) is 0.462. The summed E-state index contributed by atoms with van der Waals surface area (Å²) in [5.41, 5.74) is 6.78. The first-order valence-electron chi connectivity index (χ1n) is 6.05. The van der Waals surface area contributed by atoms with E-state index in [9.17, 15) is 0 Å². The van der Waals surface area contributed by atoms with Crippen molar-refractivity contribution in [2.45, 2.75) is 6.54 Å². The second-order valence-electron chi connectivity index (χ2n) is 4.56. The van der Waals surface area contributed by atoms with Crippen LogP contribution in [0.3, 0.4) is 0 Å². The molecule has 0 spiro atoms. The maximum Gasteiger partial charge on any atom is 0.105 e. The van der Waals surface area contributed by atoms with E-state index >= 15 is 0 Å². The number of nitrogens with zero attached hydrogens (tertiary/aromatic N) is 2. The normalized spacial score (nSPS) is 18.1. The summed E-state index contributed by atoms with van der Waals surface area (Å²) in [5, 5.41) is 7.28. The first-order valence-corrected chi connectivity index (χ1v) is 6.05. The topological polar surface area (TPSA) is 56.4 Å². The van der Waals surface area contributed by atoms with Crippen LogP contribution < -0.4 is 5.73 Å². The van der Waals surface area contributed by atoms with Crippen LogP contribution in [-0.2, 0) is 6.54 Å². The van der Waals surface area contributed by atoms with Crippen molar-refractivity contribution in [2.24, 2.45) is 5.73 Å². The van der Waals surface area contributed by atoms with Crippen molar-refractivity contribution in [1.29, 1.82) is 5.41 Å². The lowest BCUT2D eigenvalue weighted by molar-refractivity contribution is 0.139. The third kappa shape index (κ3) is 3.84. The van der Waals surface area contributed by atoms with Crippen LogP contribution in [0.25, 0.3) is 0 Å². The standard InChI is InChI=1S/C13H20N4/c14-13(15)11-17-8-6-16(7-9-17)10-12-4-2-1-3-5-12/h1-5H,6-11H2,(H3,14,15). The van der Waals surface area contributed by atoms with Crippen molar-refractivity contribution in [3.05, 3.63) is 35.9 Å². The lowest BCUT2D eigenvalue weighted by Gasteiger charge is -2.34. The maximum atomic E-state index is 7.28. The predicted octanol–water partition coefficient (Wildman–Crippen LogP) is 0.740. The number of hydrogen-bond donors (Lipinski definition) is 2. The van der Waals surface area contributed by atoms with Crippen LogP contribution >= 0.6 is 0 Å². The van der Waals surface area contributed by atoms with E-state index in [0.29, 0.717) is 6.54 Å². The Morgan fingerprint density at radius 1 is 1.06 bits per heavy atom. The van der Waals surface area contributed by atoms with E-state index in [1.807, 2.05) is 6.07 Å². The Morgan fingerprint density at radius 3 is 2.24 bits per heavy atom. The number of nitrogens with two attached hydrogens (primary N) is 1. The summed E-state index contributed by atoms with van der Waals surface area (Å²) >= 11 is 0. The molecule has 0 amide bonds. The number of benzene rings is 1. The lowest BCUT2D eigenvalue weighted by Crippen LogP contribution is -2.48. The molecule has 1 heterocycles. The smallest absolute Gasteiger partial charge is 0.105 e. The molecule has 1 fully saturated rings. The minimum Gasteiger partial charge on any atom is -0.387 e. The van der Waals surface area contributed by atoms with Gasteiger partial charge in [-0.2, -0.15) is 0 Å². The third-order valence-corrected chi connectivity index (χ3v) is 3.11. The highest BCUT2D eigenvalue weighted by Gasteiger charge is 2.16. The molecule has 0 radical (unpaired) electrons. The molecule has 1 aromatic carbocycles. The second kappa shape index (κ2) is 5.80. The lowest BCUT2D eigenvalue weighted by atomic mass is 10.2. The van der Waals surface area contributed by atoms with Crippen molar-refractivity contribution >= 4 is 5.84 Å². The highest BCUT2D eigenvalue weighted by Crippen LogP contribution is 2.07. The number of piperazine rings is 1. The average molecular weight is 232 g/mol. The zero-order valence-electron chi connectivity index (χ0n) is 10.1. The molecule has 1 aliphatic rings. The first-order chi connectivity index (χ1) is 8.24. The minimum atomic E-state index is 0.265. The molecule has 4 nitrogen and oxygen atoms in total. The first kappa shape index (κ1) is 12.1. The Kier molecular flexibility index (Phi) is 4.12. The number of nitrogens with one attached hydrogen (secondary N) is 1. The van der Waals surface area contributed by atoms with E-state index in [4.69, 9.17) is 11.1 Å². The maximum absolute atomic E-state index is 7.28. The third-order valence-electron chi connectivity index (χ3n) is 3.11. The van der Waals surface area contributed by atoms with Crippen LogP contribution in [0, 0.1) is 5.41 Å². The molecule has 0 atom stereocenters. The molecule has 0 aliphatic carbocycles. The molecule has 0 bridgehead atoms. The van der Waals surface area contributed by atoms with E-state index < -0.39 is 0 Å². The van der Waals surface area contributed by atoms with Crippen LogP contribution in [0.5, 0.6) is 0 Å². The Hall–Kier alpha value is -1.39. The summed E-state index contributed by atoms with van der Waals surface area (Å²) in [6.07, 6.45) is 0. The fourth-order valence-corrected chi connectivity index (χ4v) is 2.19. The van der Waals surface area contributed by atoms with Gasteiger partial charge in [-0.3, -0.25) is 15.2 Å². The molecule has 0 aromatic heterocycles. The van der Waals surface area contributed by atoms with Crippen molar-refractivity contribution in [3.63, 3.8) is 0 Å². The summed E-state index contributed by atoms with van der Waals surface area (Å²) in [6, 6.07) is 10.6. The van der Waals surface area contributed by atoms with Gasteiger partial charge in [-0.1, -0.05) is 30.3 Å². The van der Waals surface area contributed by atoms with Gasteiger partial charge in [0.05, 0.1) is 6.54 Å². The van der Waals surface area contributed by atoms with Crippen molar-refractivity contribution in [2.75, 3.05) is 32.7 Å². The zero-order valence-corrected chi connectivity index (χ0v) is 10.1. The molecular formula is C13H20N4. The van der Waals surface area contributed by atoms with Gasteiger partial charge in [0, 0.05) is 32.7 Å². The van der Waals surface area contributed by atoms with E-state index in [2.05, 4.69) is 34.1 Å². The Bertz CT molecular complexity index is 355. The number of hydrogen-bond acceptors (Lipinski definition) is 3. The second-order valence-corrected chi connectivity index (χ2v) is 4.56. The highest BCUT2D eigenvalue weighted by molar-refractivity contribution is 5.78. The van der Waals surface area contributed by atoms with Gasteiger partial charge in [-0.25, -0.2) is 0 Å². The molecule has 17 heavy (non-hydrogen) atoms. The molecule has 92 valence electrons. The monoisotopic (exact) mass is 232 g/mol. The molecule has 1 aliphatic heterocycles. The van der Waals surface area contributed by atoms with E-state index in [-0.39, 0.29) is 5.84 Å². The van der Waals surface area contributed by atoms with Crippen LogP contribution in [0.4, 0.5) is 0 Å². The quantitative estimate of drug-likeness (QED) is 0.594. The molecular weight excluding hydrogens is 212 g/mol. The average Bonchev–Trinajstić information content (AvgIpc) is 2.32. The van der Waals surface area contributed by atoms with Crippen LogP contribution in [0.1, 0.15) is 5.56 Å². The Balaban J connectivity index is 1.78. The molecule has 1 aromatic rings. The van der Waals surface area contributed by atoms with Gasteiger partial charge in [-0.15, -0.1) is 0 Å². The fourth-order valence-electron chi connectivity index (χ4n) is 2.19. The Morgan fingerprint density at radius 2 is 1.65 bits per heavy atom. The predicted molar refractivity (Wildman–Crippen MR) is 70.1 cm³/mol. The van der Waals surface area contributed by atoms with E-state index in [1.165, 1.54) is 5.56 Å². The van der Waals surface area contributed by atoms with E-state index in [0.717, 1.165) is 32.7 Å².